The van der Waals surface area contributed by atoms with E-state index < -0.39 is 10.9 Å². The van der Waals surface area contributed by atoms with Crippen molar-refractivity contribution in [3.8, 4) is 0 Å². The van der Waals surface area contributed by atoms with Crippen LogP contribution in [-0.2, 0) is 10.9 Å². The van der Waals surface area contributed by atoms with Crippen LogP contribution in [0, 0.1) is 13.8 Å². The molecule has 0 aliphatic heterocycles. The molecule has 0 heterocycles. The van der Waals surface area contributed by atoms with Crippen LogP contribution in [0.1, 0.15) is 11.1 Å². The zero-order valence-corrected chi connectivity index (χ0v) is 8.04. The van der Waals surface area contributed by atoms with Gasteiger partial charge >= 0.3 is 0 Å². The SMILES string of the molecule is Cc1ccc(C)cc1.N[SH](=O)=O. The van der Waals surface area contributed by atoms with E-state index in [0.717, 1.165) is 0 Å². The summed E-state index contributed by atoms with van der Waals surface area (Å²) in [6.45, 7) is 4.19. The standard InChI is InChI=1S/C8H10.H3NO2S/c1-7-3-5-8(2)6-4-7;1-4(2)3/h3-6H,1-2H3;4H,(H2,1,2,3). The van der Waals surface area contributed by atoms with Crippen molar-refractivity contribution in [2.75, 3.05) is 0 Å². The second-order valence-electron chi connectivity index (χ2n) is 2.44. The van der Waals surface area contributed by atoms with Crippen LogP contribution in [0.3, 0.4) is 0 Å². The first-order chi connectivity index (χ1) is 5.52. The summed E-state index contributed by atoms with van der Waals surface area (Å²) < 4.78 is 17.6. The molecule has 2 N–H and O–H groups in total. The van der Waals surface area contributed by atoms with Crippen molar-refractivity contribution in [1.82, 2.24) is 0 Å². The first-order valence-electron chi connectivity index (χ1n) is 3.44. The number of nitrogens with two attached hydrogens (primary N) is 1. The van der Waals surface area contributed by atoms with Gasteiger partial charge in [-0.2, -0.15) is 0 Å². The van der Waals surface area contributed by atoms with Crippen LogP contribution in [-0.4, -0.2) is 8.42 Å². The van der Waals surface area contributed by atoms with Crippen molar-refractivity contribution < 1.29 is 8.42 Å². The first-order valence-corrected chi connectivity index (χ1v) is 4.69. The fourth-order valence-corrected chi connectivity index (χ4v) is 0.637. The average molecular weight is 187 g/mol. The van der Waals surface area contributed by atoms with Gasteiger partial charge < -0.3 is 0 Å². The second kappa shape index (κ2) is 5.74. The molecule has 4 heteroatoms. The first kappa shape index (κ1) is 11.1. The predicted molar refractivity (Wildman–Crippen MR) is 50.4 cm³/mol. The van der Waals surface area contributed by atoms with Gasteiger partial charge in [0, 0.05) is 0 Å². The topological polar surface area (TPSA) is 60.2 Å². The number of hydrogen-bond donors (Lipinski definition) is 2. The Morgan fingerprint density at radius 1 is 1.00 bits per heavy atom. The third-order valence-electron chi connectivity index (χ3n) is 1.22. The quantitative estimate of drug-likeness (QED) is 0.589. The fraction of sp³-hybridized carbons (Fsp3) is 0.250. The van der Waals surface area contributed by atoms with Crippen molar-refractivity contribution >= 4 is 10.9 Å². The average Bonchev–Trinajstić information content (AvgIpc) is 1.94. The molecule has 0 aliphatic carbocycles. The summed E-state index contributed by atoms with van der Waals surface area (Å²) in [4.78, 5) is 0. The molecule has 0 bridgehead atoms. The fourth-order valence-electron chi connectivity index (χ4n) is 0.637. The third-order valence-corrected chi connectivity index (χ3v) is 1.22. The summed E-state index contributed by atoms with van der Waals surface area (Å²) >= 11 is 0. The minimum Gasteiger partial charge on any atom is -0.231 e. The summed E-state index contributed by atoms with van der Waals surface area (Å²) in [7, 11) is -2.62. The van der Waals surface area contributed by atoms with E-state index in [1.807, 2.05) is 0 Å². The van der Waals surface area contributed by atoms with Crippen molar-refractivity contribution in [2.24, 2.45) is 5.14 Å². The molecule has 0 radical (unpaired) electrons. The van der Waals surface area contributed by atoms with Crippen LogP contribution in [0.4, 0.5) is 0 Å². The van der Waals surface area contributed by atoms with E-state index in [0.29, 0.717) is 0 Å². The highest BCUT2D eigenvalue weighted by Crippen LogP contribution is 1.99. The molecule has 0 spiro atoms. The molecule has 3 nitrogen and oxygen atoms in total. The highest BCUT2D eigenvalue weighted by atomic mass is 32.2. The van der Waals surface area contributed by atoms with Gasteiger partial charge in [-0.05, 0) is 13.8 Å². The summed E-state index contributed by atoms with van der Waals surface area (Å²) in [5.41, 5.74) is 2.66. The molecule has 0 aliphatic rings. The molecule has 68 valence electrons. The molecule has 1 rings (SSSR count). The molecule has 0 fully saturated rings. The summed E-state index contributed by atoms with van der Waals surface area (Å²) in [5.74, 6) is 0. The van der Waals surface area contributed by atoms with Gasteiger partial charge in [0.15, 0.2) is 10.9 Å². The molecule has 0 aromatic heterocycles. The lowest BCUT2D eigenvalue weighted by Gasteiger charge is -1.90. The van der Waals surface area contributed by atoms with Crippen LogP contribution in [0.15, 0.2) is 24.3 Å². The Morgan fingerprint density at radius 3 is 1.33 bits per heavy atom. The molecule has 0 saturated carbocycles. The van der Waals surface area contributed by atoms with Gasteiger partial charge in [-0.3, -0.25) is 0 Å². The normalized spacial score (nSPS) is 9.00. The van der Waals surface area contributed by atoms with Gasteiger partial charge in [-0.25, -0.2) is 13.6 Å². The smallest absolute Gasteiger partial charge is 0.198 e. The van der Waals surface area contributed by atoms with Crippen molar-refractivity contribution in [3.63, 3.8) is 0 Å². The van der Waals surface area contributed by atoms with E-state index in [9.17, 15) is 0 Å². The zero-order valence-electron chi connectivity index (χ0n) is 7.15. The lowest BCUT2D eigenvalue weighted by atomic mass is 10.2. The van der Waals surface area contributed by atoms with Gasteiger partial charge in [-0.1, -0.05) is 35.4 Å². The molecule has 12 heavy (non-hydrogen) atoms. The number of benzene rings is 1. The Labute approximate surface area is 74.3 Å². The van der Waals surface area contributed by atoms with Crippen molar-refractivity contribution in [2.45, 2.75) is 13.8 Å². The summed E-state index contributed by atoms with van der Waals surface area (Å²) in [5, 5.41) is 4.06. The van der Waals surface area contributed by atoms with Gasteiger partial charge in [0.25, 0.3) is 0 Å². The molecular formula is C8H13NO2S. The largest absolute Gasteiger partial charge is 0.231 e. The minimum atomic E-state index is -2.62. The van der Waals surface area contributed by atoms with Crippen LogP contribution >= 0.6 is 0 Å². The molecule has 0 atom stereocenters. The third kappa shape index (κ3) is 7.24. The van der Waals surface area contributed by atoms with Crippen LogP contribution in [0.25, 0.3) is 0 Å². The number of aryl methyl sites for hydroxylation is 2. The second-order valence-corrected chi connectivity index (χ2v) is 3.01. The molecule has 0 saturated heterocycles. The van der Waals surface area contributed by atoms with E-state index in [4.69, 9.17) is 8.42 Å². The Balaban J connectivity index is 0.000000261. The number of hydrogen-bond acceptors (Lipinski definition) is 2. The molecule has 1 aromatic rings. The Morgan fingerprint density at radius 2 is 1.17 bits per heavy atom. The van der Waals surface area contributed by atoms with Crippen molar-refractivity contribution in [3.05, 3.63) is 35.4 Å². The maximum absolute atomic E-state index is 8.81. The molecular weight excluding hydrogens is 174 g/mol. The summed E-state index contributed by atoms with van der Waals surface area (Å²) in [6, 6.07) is 8.48. The van der Waals surface area contributed by atoms with E-state index in [-0.39, 0.29) is 0 Å². The number of thiol groups is 1. The van der Waals surface area contributed by atoms with Gasteiger partial charge in [0.2, 0.25) is 0 Å². The zero-order chi connectivity index (χ0) is 9.56. The van der Waals surface area contributed by atoms with E-state index in [1.165, 1.54) is 11.1 Å². The Kier molecular flexibility index (Phi) is 5.32. The van der Waals surface area contributed by atoms with Crippen molar-refractivity contribution in [1.29, 1.82) is 0 Å². The van der Waals surface area contributed by atoms with Gasteiger partial charge in [0.05, 0.1) is 0 Å². The van der Waals surface area contributed by atoms with Gasteiger partial charge in [-0.15, -0.1) is 0 Å². The monoisotopic (exact) mass is 187 g/mol. The lowest BCUT2D eigenvalue weighted by molar-refractivity contribution is 0.616. The Bertz CT molecular complexity index is 261. The van der Waals surface area contributed by atoms with Crippen LogP contribution in [0.5, 0.6) is 0 Å². The summed E-state index contributed by atoms with van der Waals surface area (Å²) in [6.07, 6.45) is 0. The van der Waals surface area contributed by atoms with E-state index in [1.54, 1.807) is 0 Å². The minimum absolute atomic E-state index is 1.33. The number of rotatable bonds is 0. The lowest BCUT2D eigenvalue weighted by Crippen LogP contribution is -1.85. The maximum atomic E-state index is 8.81. The maximum Gasteiger partial charge on any atom is 0.198 e. The van der Waals surface area contributed by atoms with Crippen LogP contribution in [0.2, 0.25) is 0 Å². The predicted octanol–water partition coefficient (Wildman–Crippen LogP) is 0.775. The van der Waals surface area contributed by atoms with E-state index >= 15 is 0 Å². The molecule has 1 aromatic carbocycles. The highest BCUT2D eigenvalue weighted by Gasteiger charge is 1.79. The highest BCUT2D eigenvalue weighted by molar-refractivity contribution is 7.69. The molecule has 0 unspecified atom stereocenters. The molecule has 0 amide bonds. The van der Waals surface area contributed by atoms with E-state index in [2.05, 4.69) is 43.3 Å². The Hall–Kier alpha value is -0.870. The van der Waals surface area contributed by atoms with Gasteiger partial charge in [0.1, 0.15) is 0 Å². The van der Waals surface area contributed by atoms with Crippen LogP contribution < -0.4 is 5.14 Å².